The van der Waals surface area contributed by atoms with E-state index in [2.05, 4.69) is 78.1 Å². The van der Waals surface area contributed by atoms with Crippen LogP contribution >= 0.6 is 9.24 Å². The van der Waals surface area contributed by atoms with Crippen LogP contribution in [0.25, 0.3) is 23.8 Å². The van der Waals surface area contributed by atoms with Gasteiger partial charge in [0.25, 0.3) is 0 Å². The fourth-order valence-electron chi connectivity index (χ4n) is 3.12. The summed E-state index contributed by atoms with van der Waals surface area (Å²) in [5, 5.41) is 4.09. The summed E-state index contributed by atoms with van der Waals surface area (Å²) in [6, 6.07) is 0. The number of rotatable bonds is 0. The molecule has 3 atom stereocenters. The highest BCUT2D eigenvalue weighted by molar-refractivity contribution is 7.22. The molecule has 1 aromatic heterocycles. The normalized spacial score (nSPS) is 24.4. The second-order valence-electron chi connectivity index (χ2n) is 5.98. The highest BCUT2D eigenvalue weighted by Gasteiger charge is 2.15. The van der Waals surface area contributed by atoms with Crippen molar-refractivity contribution >= 4 is 33.0 Å². The third-order valence-corrected chi connectivity index (χ3v) is 5.03. The van der Waals surface area contributed by atoms with Gasteiger partial charge in [-0.2, -0.15) is 0 Å². The van der Waals surface area contributed by atoms with Crippen molar-refractivity contribution in [3.63, 3.8) is 0 Å². The molecule has 2 aliphatic rings. The Morgan fingerprint density at radius 3 is 2.60 bits per heavy atom. The van der Waals surface area contributed by atoms with Crippen molar-refractivity contribution in [3.8, 4) is 0 Å². The van der Waals surface area contributed by atoms with Gasteiger partial charge in [-0.25, -0.2) is 0 Å². The van der Waals surface area contributed by atoms with Crippen LogP contribution in [0.4, 0.5) is 0 Å². The second-order valence-corrected chi connectivity index (χ2v) is 6.65. The summed E-state index contributed by atoms with van der Waals surface area (Å²) in [4.78, 5) is 0. The lowest BCUT2D eigenvalue weighted by atomic mass is 10.1. The molecule has 104 valence electrons. The summed E-state index contributed by atoms with van der Waals surface area (Å²) in [5.41, 5.74) is 4.03. The summed E-state index contributed by atoms with van der Waals surface area (Å²) < 4.78 is 2.34. The van der Waals surface area contributed by atoms with Gasteiger partial charge in [0, 0.05) is 23.5 Å². The standard InChI is InChI=1S/C18H22NP/c1-11-5-7-14-15-9-12(2)17(20)10-13(3)18(15)19(4)16(14)8-6-11/h5-12H,20H2,1-4H3. The van der Waals surface area contributed by atoms with E-state index < -0.39 is 0 Å². The van der Waals surface area contributed by atoms with Crippen LogP contribution in [0.15, 0.2) is 23.5 Å². The minimum absolute atomic E-state index is 0.459. The van der Waals surface area contributed by atoms with E-state index in [0.717, 1.165) is 0 Å². The van der Waals surface area contributed by atoms with Crippen LogP contribution in [0.1, 0.15) is 32.0 Å². The molecule has 0 saturated carbocycles. The van der Waals surface area contributed by atoms with Gasteiger partial charge in [-0.05, 0) is 35.7 Å². The largest absolute Gasteiger partial charge is 0.343 e. The van der Waals surface area contributed by atoms with Crippen LogP contribution in [-0.4, -0.2) is 4.57 Å². The van der Waals surface area contributed by atoms with Crippen molar-refractivity contribution in [3.05, 3.63) is 45.4 Å². The van der Waals surface area contributed by atoms with Gasteiger partial charge in [0.15, 0.2) is 0 Å². The molecule has 1 nitrogen and oxygen atoms in total. The van der Waals surface area contributed by atoms with Crippen molar-refractivity contribution < 1.29 is 0 Å². The average Bonchev–Trinajstić information content (AvgIpc) is 2.52. The molecule has 0 radical (unpaired) electrons. The van der Waals surface area contributed by atoms with E-state index in [4.69, 9.17) is 0 Å². The molecule has 0 aliphatic heterocycles. The number of hydrogen-bond acceptors (Lipinski definition) is 0. The third-order valence-electron chi connectivity index (χ3n) is 4.34. The summed E-state index contributed by atoms with van der Waals surface area (Å²) >= 11 is 0. The predicted octanol–water partition coefficient (Wildman–Crippen LogP) is 3.06. The van der Waals surface area contributed by atoms with Gasteiger partial charge in [0.2, 0.25) is 0 Å². The van der Waals surface area contributed by atoms with Crippen molar-refractivity contribution in [2.45, 2.75) is 20.8 Å². The first-order valence-corrected chi connectivity index (χ1v) is 7.81. The monoisotopic (exact) mass is 283 g/mol. The third kappa shape index (κ3) is 2.05. The molecule has 0 bridgehead atoms. The zero-order chi connectivity index (χ0) is 14.4. The first-order valence-electron chi connectivity index (χ1n) is 7.24. The van der Waals surface area contributed by atoms with E-state index in [-0.39, 0.29) is 0 Å². The highest BCUT2D eigenvalue weighted by atomic mass is 31.0. The maximum Gasteiger partial charge on any atom is 0.0515 e. The van der Waals surface area contributed by atoms with E-state index in [0.29, 0.717) is 11.8 Å². The number of allylic oxidation sites excluding steroid dienone is 4. The molecule has 0 N–H and O–H groups in total. The SMILES string of the molecule is CC1=c2c(c3c(n2C)C=CC(C)C=C3)=CC(C)C(P)=C1. The molecule has 0 amide bonds. The molecule has 2 aliphatic carbocycles. The van der Waals surface area contributed by atoms with Gasteiger partial charge in [-0.3, -0.25) is 0 Å². The molecular weight excluding hydrogens is 261 g/mol. The summed E-state index contributed by atoms with van der Waals surface area (Å²) in [5.74, 6) is 0.961. The molecule has 20 heavy (non-hydrogen) atoms. The Morgan fingerprint density at radius 1 is 1.15 bits per heavy atom. The summed E-state index contributed by atoms with van der Waals surface area (Å²) in [7, 11) is 5.06. The van der Waals surface area contributed by atoms with Crippen LogP contribution in [0.2, 0.25) is 0 Å². The molecule has 0 saturated heterocycles. The number of nitrogens with zero attached hydrogens (tertiary/aromatic N) is 1. The minimum atomic E-state index is 0.459. The summed E-state index contributed by atoms with van der Waals surface area (Å²) in [6.45, 7) is 6.70. The van der Waals surface area contributed by atoms with Crippen LogP contribution in [-0.2, 0) is 7.05 Å². The smallest absolute Gasteiger partial charge is 0.0515 e. The molecular formula is C18H22NP. The Kier molecular flexibility index (Phi) is 3.34. The molecule has 3 rings (SSSR count). The van der Waals surface area contributed by atoms with Crippen molar-refractivity contribution in [1.82, 2.24) is 4.57 Å². The van der Waals surface area contributed by atoms with Crippen molar-refractivity contribution in [2.75, 3.05) is 0 Å². The maximum atomic E-state index is 2.88. The lowest BCUT2D eigenvalue weighted by Gasteiger charge is -2.05. The predicted molar refractivity (Wildman–Crippen MR) is 92.4 cm³/mol. The number of fused-ring (bicyclic) bond motifs is 3. The zero-order valence-corrected chi connectivity index (χ0v) is 13.8. The van der Waals surface area contributed by atoms with Crippen molar-refractivity contribution in [2.24, 2.45) is 18.9 Å². The second kappa shape index (κ2) is 4.90. The van der Waals surface area contributed by atoms with E-state index in [9.17, 15) is 0 Å². The van der Waals surface area contributed by atoms with Crippen molar-refractivity contribution in [1.29, 1.82) is 0 Å². The van der Waals surface area contributed by atoms with Gasteiger partial charge in [0.1, 0.15) is 0 Å². The van der Waals surface area contributed by atoms with Crippen LogP contribution in [0.5, 0.6) is 0 Å². The van der Waals surface area contributed by atoms with Gasteiger partial charge in [-0.1, -0.05) is 44.2 Å². The Balaban J connectivity index is 2.45. The molecule has 3 unspecified atom stereocenters. The van der Waals surface area contributed by atoms with Crippen LogP contribution < -0.4 is 10.6 Å². The Bertz CT molecular complexity index is 771. The molecule has 1 aromatic rings. The number of aromatic nitrogens is 1. The van der Waals surface area contributed by atoms with Gasteiger partial charge < -0.3 is 4.57 Å². The first kappa shape index (κ1) is 13.6. The Morgan fingerprint density at radius 2 is 1.85 bits per heavy atom. The van der Waals surface area contributed by atoms with Crippen LogP contribution in [0.3, 0.4) is 0 Å². The summed E-state index contributed by atoms with van der Waals surface area (Å²) in [6.07, 6.45) is 13.8. The highest BCUT2D eigenvalue weighted by Crippen LogP contribution is 2.24. The lowest BCUT2D eigenvalue weighted by Crippen LogP contribution is -2.30. The molecule has 1 heterocycles. The number of hydrogen-bond donors (Lipinski definition) is 0. The molecule has 0 aromatic carbocycles. The fraction of sp³-hybridized carbons (Fsp3) is 0.333. The molecule has 2 heteroatoms. The van der Waals surface area contributed by atoms with E-state index in [1.165, 1.54) is 32.7 Å². The fourth-order valence-corrected chi connectivity index (χ4v) is 3.47. The Hall–Kier alpha value is -1.33. The molecule has 0 fully saturated rings. The molecule has 0 spiro atoms. The van der Waals surface area contributed by atoms with E-state index in [1.807, 2.05) is 0 Å². The van der Waals surface area contributed by atoms with E-state index >= 15 is 0 Å². The average molecular weight is 283 g/mol. The quantitative estimate of drug-likeness (QED) is 0.645. The van der Waals surface area contributed by atoms with E-state index in [1.54, 1.807) is 0 Å². The Labute approximate surface area is 123 Å². The van der Waals surface area contributed by atoms with Crippen LogP contribution in [0, 0.1) is 11.8 Å². The minimum Gasteiger partial charge on any atom is -0.343 e. The lowest BCUT2D eigenvalue weighted by molar-refractivity contribution is 0.870. The maximum absolute atomic E-state index is 2.88. The topological polar surface area (TPSA) is 4.93 Å². The van der Waals surface area contributed by atoms with Gasteiger partial charge >= 0.3 is 0 Å². The zero-order valence-electron chi connectivity index (χ0n) is 12.6. The van der Waals surface area contributed by atoms with Gasteiger partial charge in [-0.15, -0.1) is 9.24 Å². The van der Waals surface area contributed by atoms with Gasteiger partial charge in [0.05, 0.1) is 5.35 Å². The first-order chi connectivity index (χ1) is 9.49.